The van der Waals surface area contributed by atoms with Crippen LogP contribution >= 0.6 is 11.3 Å². The van der Waals surface area contributed by atoms with E-state index < -0.39 is 10.8 Å². The van der Waals surface area contributed by atoms with Gasteiger partial charge in [-0.2, -0.15) is 4.98 Å². The number of hydrogen-bond donors (Lipinski definition) is 0. The van der Waals surface area contributed by atoms with Gasteiger partial charge >= 0.3 is 0 Å². The lowest BCUT2D eigenvalue weighted by molar-refractivity contribution is 0.425. The molecule has 0 radical (unpaired) electrons. The van der Waals surface area contributed by atoms with E-state index in [2.05, 4.69) is 10.1 Å². The highest BCUT2D eigenvalue weighted by Gasteiger charge is 2.18. The second-order valence-electron chi connectivity index (χ2n) is 4.56. The monoisotopic (exact) mass is 318 g/mol. The summed E-state index contributed by atoms with van der Waals surface area (Å²) in [6.45, 7) is 1.96. The van der Waals surface area contributed by atoms with Crippen LogP contribution in [0, 0.1) is 0 Å². The Morgan fingerprint density at radius 1 is 1.24 bits per heavy atom. The van der Waals surface area contributed by atoms with Crippen LogP contribution < -0.4 is 0 Å². The fourth-order valence-corrected chi connectivity index (χ4v) is 4.03. The van der Waals surface area contributed by atoms with Crippen molar-refractivity contribution in [3.05, 3.63) is 58.5 Å². The highest BCUT2D eigenvalue weighted by molar-refractivity contribution is 7.84. The fourth-order valence-electron chi connectivity index (χ4n) is 1.91. The first-order valence-electron chi connectivity index (χ1n) is 6.52. The summed E-state index contributed by atoms with van der Waals surface area (Å²) < 4.78 is 17.6. The molecule has 2 aromatic heterocycles. The minimum atomic E-state index is -1.06. The first-order chi connectivity index (χ1) is 10.2. The first kappa shape index (κ1) is 14.2. The van der Waals surface area contributed by atoms with Gasteiger partial charge in [0, 0.05) is 21.2 Å². The number of nitrogens with zero attached hydrogens (tertiary/aromatic N) is 2. The Hall–Kier alpha value is -1.79. The lowest BCUT2D eigenvalue weighted by Crippen LogP contribution is -2.05. The third kappa shape index (κ3) is 3.28. The molecule has 0 saturated carbocycles. The van der Waals surface area contributed by atoms with E-state index in [1.807, 2.05) is 54.8 Å². The van der Waals surface area contributed by atoms with Crippen LogP contribution in [-0.4, -0.2) is 14.3 Å². The van der Waals surface area contributed by atoms with Gasteiger partial charge in [-0.25, -0.2) is 0 Å². The smallest absolute Gasteiger partial charge is 0.257 e. The summed E-state index contributed by atoms with van der Waals surface area (Å²) in [5.41, 5.74) is 0.869. The summed E-state index contributed by atoms with van der Waals surface area (Å²) in [6.07, 6.45) is 0. The van der Waals surface area contributed by atoms with E-state index in [0.29, 0.717) is 17.5 Å². The number of aromatic nitrogens is 2. The Labute approximate surface area is 129 Å². The second-order valence-corrected chi connectivity index (χ2v) is 7.30. The first-order valence-corrected chi connectivity index (χ1v) is 8.79. The van der Waals surface area contributed by atoms with E-state index in [1.165, 1.54) is 0 Å². The maximum atomic E-state index is 12.4. The summed E-state index contributed by atoms with van der Waals surface area (Å²) in [5, 5.41) is 5.89. The Morgan fingerprint density at radius 2 is 2.05 bits per heavy atom. The van der Waals surface area contributed by atoms with Gasteiger partial charge in [0.1, 0.15) is 0 Å². The quantitative estimate of drug-likeness (QED) is 0.718. The molecule has 21 heavy (non-hydrogen) atoms. The molecule has 0 bridgehead atoms. The van der Waals surface area contributed by atoms with Crippen molar-refractivity contribution < 1.29 is 8.73 Å². The summed E-state index contributed by atoms with van der Waals surface area (Å²) in [4.78, 5) is 5.43. The molecule has 2 atom stereocenters. The summed E-state index contributed by atoms with van der Waals surface area (Å²) in [6, 6.07) is 13.5. The zero-order valence-electron chi connectivity index (χ0n) is 11.4. The molecule has 2 heterocycles. The predicted octanol–water partition coefficient (Wildman–Crippen LogP) is 3.81. The van der Waals surface area contributed by atoms with Crippen molar-refractivity contribution in [1.29, 1.82) is 0 Å². The SMILES string of the molecule is C[C@@H](c1cccs1)[S@](=O)Cc1noc(-c2ccccc2)n1. The molecule has 0 aliphatic heterocycles. The van der Waals surface area contributed by atoms with Crippen LogP contribution in [0.2, 0.25) is 0 Å². The average molecular weight is 318 g/mol. The van der Waals surface area contributed by atoms with Gasteiger partial charge in [-0.15, -0.1) is 11.3 Å². The van der Waals surface area contributed by atoms with Crippen LogP contribution in [0.3, 0.4) is 0 Å². The molecule has 108 valence electrons. The van der Waals surface area contributed by atoms with Gasteiger partial charge in [0.05, 0.1) is 11.0 Å². The Kier molecular flexibility index (Phi) is 4.26. The van der Waals surface area contributed by atoms with Crippen LogP contribution in [0.5, 0.6) is 0 Å². The highest BCUT2D eigenvalue weighted by atomic mass is 32.2. The minimum absolute atomic E-state index is 0.0244. The molecule has 6 heteroatoms. The molecule has 0 aliphatic carbocycles. The van der Waals surface area contributed by atoms with Crippen molar-refractivity contribution in [3.8, 4) is 11.5 Å². The number of benzene rings is 1. The van der Waals surface area contributed by atoms with Gasteiger partial charge < -0.3 is 4.52 Å². The fraction of sp³-hybridized carbons (Fsp3) is 0.200. The Morgan fingerprint density at radius 3 is 2.76 bits per heavy atom. The van der Waals surface area contributed by atoms with E-state index >= 15 is 0 Å². The molecule has 0 N–H and O–H groups in total. The largest absolute Gasteiger partial charge is 0.334 e. The molecule has 0 spiro atoms. The van der Waals surface area contributed by atoms with Crippen molar-refractivity contribution in [3.63, 3.8) is 0 Å². The number of rotatable bonds is 5. The molecule has 3 aromatic rings. The van der Waals surface area contributed by atoms with Crippen LogP contribution in [-0.2, 0) is 16.6 Å². The molecule has 4 nitrogen and oxygen atoms in total. The number of thiophene rings is 1. The van der Waals surface area contributed by atoms with Gasteiger partial charge in [0.25, 0.3) is 5.89 Å². The Balaban J connectivity index is 1.71. The molecule has 1 aromatic carbocycles. The molecular weight excluding hydrogens is 304 g/mol. The lowest BCUT2D eigenvalue weighted by atomic mass is 10.2. The molecule has 3 rings (SSSR count). The van der Waals surface area contributed by atoms with Crippen molar-refractivity contribution in [2.24, 2.45) is 0 Å². The maximum absolute atomic E-state index is 12.4. The van der Waals surface area contributed by atoms with E-state index in [9.17, 15) is 4.21 Å². The van der Waals surface area contributed by atoms with Gasteiger partial charge in [-0.3, -0.25) is 4.21 Å². The van der Waals surface area contributed by atoms with Gasteiger partial charge in [0.2, 0.25) is 0 Å². The van der Waals surface area contributed by atoms with Crippen LogP contribution in [0.4, 0.5) is 0 Å². The number of hydrogen-bond acceptors (Lipinski definition) is 5. The van der Waals surface area contributed by atoms with E-state index in [1.54, 1.807) is 11.3 Å². The lowest BCUT2D eigenvalue weighted by Gasteiger charge is -2.06. The van der Waals surface area contributed by atoms with Crippen molar-refractivity contribution in [1.82, 2.24) is 10.1 Å². The van der Waals surface area contributed by atoms with Gasteiger partial charge in [-0.05, 0) is 30.5 Å². The molecule has 0 saturated heterocycles. The normalized spacial score (nSPS) is 14.0. The minimum Gasteiger partial charge on any atom is -0.334 e. The Bertz CT molecular complexity index is 723. The van der Waals surface area contributed by atoms with Gasteiger partial charge in [-0.1, -0.05) is 29.4 Å². The molecule has 0 amide bonds. The topological polar surface area (TPSA) is 56.0 Å². The summed E-state index contributed by atoms with van der Waals surface area (Å²) in [5.74, 6) is 1.25. The van der Waals surface area contributed by atoms with E-state index in [4.69, 9.17) is 4.52 Å². The molecule has 0 unspecified atom stereocenters. The van der Waals surface area contributed by atoms with Crippen molar-refractivity contribution >= 4 is 22.1 Å². The molecule has 0 aliphatic rings. The third-order valence-corrected chi connectivity index (χ3v) is 5.89. The van der Waals surface area contributed by atoms with Crippen molar-refractivity contribution in [2.45, 2.75) is 17.9 Å². The maximum Gasteiger partial charge on any atom is 0.257 e. The zero-order chi connectivity index (χ0) is 14.7. The standard InChI is InChI=1S/C15H14N2O2S2/c1-11(13-8-5-9-20-13)21(18)10-14-16-15(19-17-14)12-6-3-2-4-7-12/h2-9,11H,10H2,1H3/t11-,21+/m0/s1. The average Bonchev–Trinajstić information content (AvgIpc) is 3.19. The van der Waals surface area contributed by atoms with E-state index in [0.717, 1.165) is 10.4 Å². The molecular formula is C15H14N2O2S2. The van der Waals surface area contributed by atoms with Crippen LogP contribution in [0.25, 0.3) is 11.5 Å². The van der Waals surface area contributed by atoms with E-state index in [-0.39, 0.29) is 5.25 Å². The van der Waals surface area contributed by atoms with Crippen molar-refractivity contribution in [2.75, 3.05) is 0 Å². The summed E-state index contributed by atoms with van der Waals surface area (Å²) in [7, 11) is -1.06. The molecule has 0 fully saturated rings. The highest BCUT2D eigenvalue weighted by Crippen LogP contribution is 2.26. The second kappa shape index (κ2) is 6.32. The van der Waals surface area contributed by atoms with Crippen LogP contribution in [0.1, 0.15) is 22.9 Å². The van der Waals surface area contributed by atoms with Gasteiger partial charge in [0.15, 0.2) is 5.82 Å². The summed E-state index contributed by atoms with van der Waals surface area (Å²) >= 11 is 1.61. The zero-order valence-corrected chi connectivity index (χ0v) is 13.1. The van der Waals surface area contributed by atoms with Crippen LogP contribution in [0.15, 0.2) is 52.4 Å². The predicted molar refractivity (Wildman–Crippen MR) is 84.3 cm³/mol. The third-order valence-electron chi connectivity index (χ3n) is 3.10.